The number of amides is 2. The van der Waals surface area contributed by atoms with Crippen molar-refractivity contribution in [3.8, 4) is 0 Å². The van der Waals surface area contributed by atoms with Gasteiger partial charge in [-0.2, -0.15) is 5.10 Å². The number of ether oxygens (including phenoxy) is 1. The number of nitro benzene ring substituents is 1. The number of nitrogens with two attached hydrogens (primary N) is 1. The third kappa shape index (κ3) is 5.70. The van der Waals surface area contributed by atoms with Gasteiger partial charge < -0.3 is 20.7 Å². The maximum atomic E-state index is 13.5. The molecule has 1 unspecified atom stereocenters. The van der Waals surface area contributed by atoms with Crippen LogP contribution in [0.2, 0.25) is 0 Å². The third-order valence-corrected chi connectivity index (χ3v) is 6.53. The lowest BCUT2D eigenvalue weighted by Gasteiger charge is -2.24. The van der Waals surface area contributed by atoms with Crippen molar-refractivity contribution in [1.29, 1.82) is 0 Å². The second kappa shape index (κ2) is 11.3. The fraction of sp³-hybridized carbons (Fsp3) is 0.259. The van der Waals surface area contributed by atoms with E-state index in [2.05, 4.69) is 15.4 Å². The average molecular weight is 530 g/mol. The Balaban J connectivity index is 1.43. The highest BCUT2D eigenvalue weighted by molar-refractivity contribution is 6.40. The fourth-order valence-corrected chi connectivity index (χ4v) is 4.62. The van der Waals surface area contributed by atoms with Crippen molar-refractivity contribution in [1.82, 2.24) is 19.7 Å². The molecule has 1 saturated heterocycles. The van der Waals surface area contributed by atoms with Gasteiger partial charge >= 0.3 is 11.8 Å². The van der Waals surface area contributed by atoms with Crippen LogP contribution < -0.4 is 11.1 Å². The molecule has 0 saturated carbocycles. The van der Waals surface area contributed by atoms with Gasteiger partial charge in [-0.3, -0.25) is 19.7 Å². The summed E-state index contributed by atoms with van der Waals surface area (Å²) in [4.78, 5) is 43.1. The van der Waals surface area contributed by atoms with E-state index in [1.54, 1.807) is 23.0 Å². The number of non-ortho nitro benzene ring substituents is 1. The van der Waals surface area contributed by atoms with Gasteiger partial charge in [-0.15, -0.1) is 0 Å². The fourth-order valence-electron chi connectivity index (χ4n) is 4.62. The Bertz CT molecular complexity index is 1520. The zero-order valence-electron chi connectivity index (χ0n) is 21.0. The molecule has 12 heteroatoms. The lowest BCUT2D eigenvalue weighted by Crippen LogP contribution is -2.39. The Morgan fingerprint density at radius 1 is 1.10 bits per heavy atom. The molecule has 12 nitrogen and oxygen atoms in total. The van der Waals surface area contributed by atoms with E-state index < -0.39 is 16.7 Å². The van der Waals surface area contributed by atoms with E-state index in [1.165, 1.54) is 23.2 Å². The first-order valence-corrected chi connectivity index (χ1v) is 12.5. The van der Waals surface area contributed by atoms with Crippen LogP contribution in [0.25, 0.3) is 10.9 Å². The highest BCUT2D eigenvalue weighted by Crippen LogP contribution is 2.32. The van der Waals surface area contributed by atoms with Gasteiger partial charge in [0.15, 0.2) is 6.23 Å². The Kier molecular flexibility index (Phi) is 7.46. The quantitative estimate of drug-likeness (QED) is 0.208. The largest absolute Gasteiger partial charge is 0.383 e. The number of anilines is 2. The van der Waals surface area contributed by atoms with Gasteiger partial charge in [-0.25, -0.2) is 9.67 Å². The summed E-state index contributed by atoms with van der Waals surface area (Å²) in [7, 11) is 0. The topological polar surface area (TPSA) is 159 Å². The van der Waals surface area contributed by atoms with Crippen molar-refractivity contribution in [3.63, 3.8) is 0 Å². The SMILES string of the molecule is Nc1ncc(NC(=O)C(=O)N(Cc2ccccc2)Cc2cccc([N+](=O)[O-])c2)c2c1cnn2C1CCCCO1. The normalized spacial score (nSPS) is 15.1. The van der Waals surface area contributed by atoms with E-state index in [-0.39, 0.29) is 36.5 Å². The van der Waals surface area contributed by atoms with Gasteiger partial charge in [0.2, 0.25) is 0 Å². The number of fused-ring (bicyclic) bond motifs is 1. The summed E-state index contributed by atoms with van der Waals surface area (Å²) < 4.78 is 7.54. The zero-order chi connectivity index (χ0) is 27.4. The maximum Gasteiger partial charge on any atom is 0.314 e. The number of hydrogen-bond donors (Lipinski definition) is 2. The molecular weight excluding hydrogens is 502 g/mol. The molecule has 2 amide bonds. The minimum atomic E-state index is -0.887. The minimum Gasteiger partial charge on any atom is -0.383 e. The van der Waals surface area contributed by atoms with Crippen molar-refractivity contribution in [2.24, 2.45) is 0 Å². The van der Waals surface area contributed by atoms with Gasteiger partial charge in [-0.05, 0) is 30.4 Å². The maximum absolute atomic E-state index is 13.5. The standard InChI is InChI=1S/C27H27N7O5/c28-25-21-14-30-33(23-11-4-5-12-39-23)24(21)22(15-29-25)31-26(35)27(36)32(16-18-7-2-1-3-8-18)17-19-9-6-10-20(13-19)34(37)38/h1-3,6-10,13-15,23H,4-5,11-12,16-17H2,(H2,28,29)(H,31,35). The Hall–Kier alpha value is -4.84. The van der Waals surface area contributed by atoms with Crippen molar-refractivity contribution < 1.29 is 19.2 Å². The molecular formula is C27H27N7O5. The summed E-state index contributed by atoms with van der Waals surface area (Å²) in [6.45, 7) is 0.712. The van der Waals surface area contributed by atoms with Crippen LogP contribution in [0.5, 0.6) is 0 Å². The van der Waals surface area contributed by atoms with E-state index in [4.69, 9.17) is 10.5 Å². The summed E-state index contributed by atoms with van der Waals surface area (Å²) in [5.74, 6) is -1.45. The molecule has 200 valence electrons. The molecule has 4 aromatic rings. The van der Waals surface area contributed by atoms with Gasteiger partial charge in [-0.1, -0.05) is 42.5 Å². The molecule has 0 bridgehead atoms. The molecule has 3 N–H and O–H groups in total. The summed E-state index contributed by atoms with van der Waals surface area (Å²) in [5.41, 5.74) is 8.08. The predicted octanol–water partition coefficient (Wildman–Crippen LogP) is 3.79. The van der Waals surface area contributed by atoms with Crippen molar-refractivity contribution in [2.75, 3.05) is 17.7 Å². The molecule has 0 radical (unpaired) electrons. The lowest BCUT2D eigenvalue weighted by molar-refractivity contribution is -0.384. The number of nitrogens with zero attached hydrogens (tertiary/aromatic N) is 5. The smallest absolute Gasteiger partial charge is 0.314 e. The zero-order valence-corrected chi connectivity index (χ0v) is 21.0. The van der Waals surface area contributed by atoms with Gasteiger partial charge in [0.25, 0.3) is 5.69 Å². The lowest BCUT2D eigenvalue weighted by atomic mass is 10.1. The van der Waals surface area contributed by atoms with Crippen LogP contribution in [0.4, 0.5) is 17.2 Å². The highest BCUT2D eigenvalue weighted by Gasteiger charge is 2.26. The summed E-state index contributed by atoms with van der Waals surface area (Å²) >= 11 is 0. The second-order valence-electron chi connectivity index (χ2n) is 9.26. The molecule has 3 heterocycles. The molecule has 0 aliphatic carbocycles. The van der Waals surface area contributed by atoms with Crippen LogP contribution in [0.3, 0.4) is 0 Å². The van der Waals surface area contributed by atoms with E-state index in [0.717, 1.165) is 24.8 Å². The van der Waals surface area contributed by atoms with E-state index in [1.807, 2.05) is 30.3 Å². The summed E-state index contributed by atoms with van der Waals surface area (Å²) in [6.07, 6.45) is 5.31. The highest BCUT2D eigenvalue weighted by atomic mass is 16.6. The van der Waals surface area contributed by atoms with Crippen molar-refractivity contribution >= 4 is 39.9 Å². The average Bonchev–Trinajstić information content (AvgIpc) is 3.41. The molecule has 0 spiro atoms. The first-order valence-electron chi connectivity index (χ1n) is 12.5. The number of nitrogen functional groups attached to an aromatic ring is 1. The van der Waals surface area contributed by atoms with Gasteiger partial charge in [0.05, 0.1) is 28.4 Å². The Labute approximate surface area is 223 Å². The van der Waals surface area contributed by atoms with Gasteiger partial charge in [0, 0.05) is 31.8 Å². The number of nitro groups is 1. The van der Waals surface area contributed by atoms with E-state index in [0.29, 0.717) is 23.1 Å². The monoisotopic (exact) mass is 529 g/mol. The number of pyridine rings is 1. The minimum absolute atomic E-state index is 0.00786. The third-order valence-electron chi connectivity index (χ3n) is 6.53. The first kappa shape index (κ1) is 25.8. The molecule has 2 aromatic carbocycles. The number of nitrogens with one attached hydrogen (secondary N) is 1. The van der Waals surface area contributed by atoms with Crippen LogP contribution in [0.15, 0.2) is 67.0 Å². The number of rotatable bonds is 7. The number of carbonyl (C=O) groups is 2. The van der Waals surface area contributed by atoms with Crippen LogP contribution in [0.1, 0.15) is 36.6 Å². The second-order valence-corrected chi connectivity index (χ2v) is 9.26. The molecule has 1 aliphatic rings. The van der Waals surface area contributed by atoms with Crippen LogP contribution in [0, 0.1) is 10.1 Å². The summed E-state index contributed by atoms with van der Waals surface area (Å²) in [6, 6.07) is 15.2. The van der Waals surface area contributed by atoms with Crippen LogP contribution in [-0.4, -0.2) is 43.0 Å². The molecule has 1 fully saturated rings. The molecule has 1 atom stereocenters. The van der Waals surface area contributed by atoms with Gasteiger partial charge in [0.1, 0.15) is 11.3 Å². The Morgan fingerprint density at radius 3 is 2.62 bits per heavy atom. The number of benzene rings is 2. The Morgan fingerprint density at radius 2 is 1.87 bits per heavy atom. The number of carbonyl (C=O) groups excluding carboxylic acids is 2. The first-order chi connectivity index (χ1) is 18.9. The number of aromatic nitrogens is 3. The van der Waals surface area contributed by atoms with Crippen LogP contribution in [-0.2, 0) is 27.4 Å². The summed E-state index contributed by atoms with van der Waals surface area (Å²) in [5, 5.41) is 18.9. The molecule has 5 rings (SSSR count). The molecule has 39 heavy (non-hydrogen) atoms. The molecule has 1 aliphatic heterocycles. The van der Waals surface area contributed by atoms with Crippen LogP contribution >= 0.6 is 0 Å². The van der Waals surface area contributed by atoms with Crippen molar-refractivity contribution in [2.45, 2.75) is 38.6 Å². The van der Waals surface area contributed by atoms with E-state index in [9.17, 15) is 19.7 Å². The number of hydrogen-bond acceptors (Lipinski definition) is 8. The van der Waals surface area contributed by atoms with Crippen molar-refractivity contribution in [3.05, 3.63) is 88.2 Å². The van der Waals surface area contributed by atoms with E-state index >= 15 is 0 Å². The molecule has 2 aromatic heterocycles. The predicted molar refractivity (Wildman–Crippen MR) is 143 cm³/mol.